The zero-order valence-electron chi connectivity index (χ0n) is 4.89. The molecule has 1 N–H and O–H groups in total. The molecule has 0 fully saturated rings. The number of nitrogens with one attached hydrogen (secondary N) is 1. The Morgan fingerprint density at radius 3 is 2.75 bits per heavy atom. The normalized spacial score (nSPS) is 7.62. The number of hydrogen-bond acceptors (Lipinski definition) is 1. The van der Waals surface area contributed by atoms with E-state index < -0.39 is 0 Å². The molecule has 1 heterocycles. The van der Waals surface area contributed by atoms with Gasteiger partial charge in [0.1, 0.15) is 0 Å². The topological polar surface area (TPSA) is 12.0 Å². The summed E-state index contributed by atoms with van der Waals surface area (Å²) in [5.74, 6) is 6.03. The van der Waals surface area contributed by atoms with Crippen LogP contribution in [-0.4, -0.2) is 20.9 Å². The van der Waals surface area contributed by atoms with Crippen molar-refractivity contribution >= 4 is 19.4 Å². The Bertz CT molecular complexity index is 152. The van der Waals surface area contributed by atoms with Gasteiger partial charge < -0.3 is 0 Å². The maximum absolute atomic E-state index is 3.03. The van der Waals surface area contributed by atoms with E-state index in [0.717, 1.165) is 5.58 Å². The summed E-state index contributed by atoms with van der Waals surface area (Å²) in [6.45, 7) is 4.03. The Kier molecular flexibility index (Phi) is 1.84. The SMILES string of the molecule is CNc1bccbc1. The summed E-state index contributed by atoms with van der Waals surface area (Å²) in [4.78, 5) is 0. The third-order valence-electron chi connectivity index (χ3n) is 1.06. The van der Waals surface area contributed by atoms with Crippen molar-refractivity contribution in [1.29, 1.82) is 0 Å². The molecule has 1 rings (SSSR count). The first kappa shape index (κ1) is 5.54. The molecule has 0 saturated heterocycles. The molecule has 0 aliphatic carbocycles. The van der Waals surface area contributed by atoms with Crippen LogP contribution < -0.4 is 5.32 Å². The quantitative estimate of drug-likeness (QED) is 0.542. The van der Waals surface area contributed by atoms with Crippen molar-refractivity contribution in [3.8, 4) is 0 Å². The average molecular weight is 103 g/mol. The van der Waals surface area contributed by atoms with E-state index in [2.05, 4.69) is 5.32 Å². The van der Waals surface area contributed by atoms with Crippen LogP contribution in [0.4, 0.5) is 5.58 Å². The average Bonchev–Trinajstić information content (AvgIpc) is 1.90. The molecule has 0 aliphatic heterocycles. The molecule has 0 saturated carbocycles. The van der Waals surface area contributed by atoms with E-state index in [9.17, 15) is 0 Å². The van der Waals surface area contributed by atoms with E-state index in [1.165, 1.54) is 0 Å². The molecule has 0 radical (unpaired) electrons. The summed E-state index contributed by atoms with van der Waals surface area (Å²) in [6.07, 6.45) is 0. The van der Waals surface area contributed by atoms with Crippen LogP contribution in [-0.2, 0) is 0 Å². The summed E-state index contributed by atoms with van der Waals surface area (Å²) in [6, 6.07) is 0. The second-order valence-electron chi connectivity index (χ2n) is 1.62. The molecule has 1 aromatic heterocycles. The molecule has 8 heavy (non-hydrogen) atoms. The summed E-state index contributed by atoms with van der Waals surface area (Å²) in [5.41, 5.74) is 1.16. The van der Waals surface area contributed by atoms with Crippen molar-refractivity contribution in [2.75, 3.05) is 12.4 Å². The predicted molar refractivity (Wildman–Crippen MR) is 38.7 cm³/mol. The van der Waals surface area contributed by atoms with Gasteiger partial charge in [0.05, 0.1) is 0 Å². The Morgan fingerprint density at radius 2 is 2.38 bits per heavy atom. The maximum atomic E-state index is 3.03. The molecule has 1 nitrogen and oxygen atoms in total. The van der Waals surface area contributed by atoms with Crippen molar-refractivity contribution in [1.82, 2.24) is 0 Å². The predicted octanol–water partition coefficient (Wildman–Crippen LogP) is 0.404. The molecular weight excluding hydrogens is 95.7 g/mol. The van der Waals surface area contributed by atoms with Crippen molar-refractivity contribution < 1.29 is 0 Å². The van der Waals surface area contributed by atoms with Crippen LogP contribution in [0.25, 0.3) is 0 Å². The van der Waals surface area contributed by atoms with Crippen LogP contribution >= 0.6 is 0 Å². The van der Waals surface area contributed by atoms with Crippen LogP contribution in [0.15, 0.2) is 17.9 Å². The van der Waals surface area contributed by atoms with Gasteiger partial charge in [-0.15, -0.1) is 0 Å². The molecular formula is C5H7B2N. The summed E-state index contributed by atoms with van der Waals surface area (Å²) < 4.78 is 0. The van der Waals surface area contributed by atoms with Crippen LogP contribution in [0.2, 0.25) is 0 Å². The van der Waals surface area contributed by atoms with Gasteiger partial charge in [-0.05, 0) is 0 Å². The Morgan fingerprint density at radius 1 is 1.50 bits per heavy atom. The Labute approximate surface area is 50.5 Å². The van der Waals surface area contributed by atoms with E-state index in [1.807, 2.05) is 38.8 Å². The number of anilines is 1. The van der Waals surface area contributed by atoms with Gasteiger partial charge in [0.15, 0.2) is 0 Å². The van der Waals surface area contributed by atoms with Crippen molar-refractivity contribution in [2.45, 2.75) is 0 Å². The monoisotopic (exact) mass is 103 g/mol. The van der Waals surface area contributed by atoms with Crippen molar-refractivity contribution in [3.63, 3.8) is 0 Å². The van der Waals surface area contributed by atoms with Gasteiger partial charge in [0.25, 0.3) is 0 Å². The van der Waals surface area contributed by atoms with Crippen LogP contribution in [0.1, 0.15) is 0 Å². The molecule has 0 unspecified atom stereocenters. The van der Waals surface area contributed by atoms with E-state index in [-0.39, 0.29) is 0 Å². The molecule has 0 atom stereocenters. The van der Waals surface area contributed by atoms with Crippen LogP contribution in [0, 0.1) is 0 Å². The Balaban J connectivity index is 2.83. The molecule has 0 amide bonds. The van der Waals surface area contributed by atoms with E-state index in [4.69, 9.17) is 0 Å². The zero-order valence-corrected chi connectivity index (χ0v) is 4.89. The second kappa shape index (κ2) is 2.65. The molecule has 38 valence electrons. The van der Waals surface area contributed by atoms with E-state index >= 15 is 0 Å². The fourth-order valence-electron chi connectivity index (χ4n) is 0.605. The number of hydrogen-bond donors (Lipinski definition) is 1. The fourth-order valence-corrected chi connectivity index (χ4v) is 0.605. The molecule has 0 aromatic carbocycles. The third-order valence-corrected chi connectivity index (χ3v) is 1.06. The zero-order chi connectivity index (χ0) is 5.82. The van der Waals surface area contributed by atoms with Gasteiger partial charge in [-0.3, -0.25) is 0 Å². The summed E-state index contributed by atoms with van der Waals surface area (Å²) >= 11 is 0. The molecule has 1 aromatic rings. The van der Waals surface area contributed by atoms with Crippen molar-refractivity contribution in [2.24, 2.45) is 0 Å². The van der Waals surface area contributed by atoms with Crippen LogP contribution in [0.5, 0.6) is 0 Å². The summed E-state index contributed by atoms with van der Waals surface area (Å²) in [5, 5.41) is 3.03. The van der Waals surface area contributed by atoms with E-state index in [0.29, 0.717) is 0 Å². The third kappa shape index (κ3) is 1.19. The van der Waals surface area contributed by atoms with Gasteiger partial charge in [0, 0.05) is 0 Å². The van der Waals surface area contributed by atoms with Gasteiger partial charge in [-0.25, -0.2) is 0 Å². The van der Waals surface area contributed by atoms with Gasteiger partial charge >= 0.3 is 49.7 Å². The standard InChI is InChI=1S/C5H7B2N/c1-8-5-4-6-2-3-7-5/h2-4,8H,1H3. The van der Waals surface area contributed by atoms with E-state index in [1.54, 1.807) is 0 Å². The molecule has 0 spiro atoms. The van der Waals surface area contributed by atoms with Crippen molar-refractivity contribution in [3.05, 3.63) is 17.9 Å². The fraction of sp³-hybridized carbons (Fsp3) is 0.200. The number of rotatable bonds is 1. The molecule has 3 heteroatoms. The Hall–Kier alpha value is -0.590. The first-order valence-corrected chi connectivity index (χ1v) is 2.66. The second-order valence-corrected chi connectivity index (χ2v) is 1.62. The molecule has 0 aliphatic rings. The minimum absolute atomic E-state index is 1.16. The van der Waals surface area contributed by atoms with Crippen LogP contribution in [0.3, 0.4) is 0 Å². The summed E-state index contributed by atoms with van der Waals surface area (Å²) in [7, 11) is 1.91. The van der Waals surface area contributed by atoms with Gasteiger partial charge in [-0.1, -0.05) is 0 Å². The first-order chi connectivity index (χ1) is 3.93. The van der Waals surface area contributed by atoms with Gasteiger partial charge in [0.2, 0.25) is 0 Å². The first-order valence-electron chi connectivity index (χ1n) is 2.66. The minimum atomic E-state index is 1.16. The molecule has 0 bridgehead atoms. The van der Waals surface area contributed by atoms with Gasteiger partial charge in [-0.2, -0.15) is 0 Å².